The van der Waals surface area contributed by atoms with Crippen molar-refractivity contribution in [2.45, 2.75) is 31.2 Å². The van der Waals surface area contributed by atoms with Crippen LogP contribution >= 0.6 is 34.7 Å². The quantitative estimate of drug-likeness (QED) is 0.579. The molecule has 0 saturated heterocycles. The topological polar surface area (TPSA) is 64.1 Å². The minimum absolute atomic E-state index is 0.290. The van der Waals surface area contributed by atoms with Crippen molar-refractivity contribution < 1.29 is 9.53 Å². The molecule has 1 aromatic carbocycles. The summed E-state index contributed by atoms with van der Waals surface area (Å²) in [5, 5.41) is 11.7. The molecule has 23 heavy (non-hydrogen) atoms. The summed E-state index contributed by atoms with van der Waals surface area (Å²) in [6.45, 7) is 5.95. The third-order valence-electron chi connectivity index (χ3n) is 2.69. The van der Waals surface area contributed by atoms with Crippen LogP contribution in [0, 0.1) is 5.92 Å². The van der Waals surface area contributed by atoms with Crippen molar-refractivity contribution >= 4 is 45.7 Å². The maximum absolute atomic E-state index is 12.2. The smallest absolute Gasteiger partial charge is 0.266 e. The molecule has 1 atom stereocenters. The van der Waals surface area contributed by atoms with E-state index in [9.17, 15) is 4.79 Å². The maximum Gasteiger partial charge on any atom is 0.266 e. The Bertz CT molecular complexity index is 664. The molecular formula is C15H18ClN3O2S2. The van der Waals surface area contributed by atoms with E-state index in [1.54, 1.807) is 43.0 Å². The molecule has 1 aromatic heterocycles. The Morgan fingerprint density at radius 2 is 2.09 bits per heavy atom. The van der Waals surface area contributed by atoms with Crippen LogP contribution in [0.25, 0.3) is 0 Å². The monoisotopic (exact) mass is 371 g/mol. The van der Waals surface area contributed by atoms with Gasteiger partial charge in [0.15, 0.2) is 10.4 Å². The number of thioether (sulfide) groups is 1. The first-order valence-electron chi connectivity index (χ1n) is 7.14. The van der Waals surface area contributed by atoms with Crippen LogP contribution in [0.5, 0.6) is 5.75 Å². The summed E-state index contributed by atoms with van der Waals surface area (Å²) in [4.78, 5) is 12.2. The van der Waals surface area contributed by atoms with Crippen LogP contribution in [0.1, 0.15) is 20.8 Å². The van der Waals surface area contributed by atoms with E-state index in [1.807, 2.05) is 0 Å². The zero-order valence-corrected chi connectivity index (χ0v) is 15.5. The highest BCUT2D eigenvalue weighted by atomic mass is 35.5. The molecule has 0 spiro atoms. The van der Waals surface area contributed by atoms with Crippen LogP contribution in [-0.2, 0) is 4.79 Å². The standard InChI is InChI=1S/C15H18ClN3O2S2/c1-9(2)8-22-15-19-18-14(23-15)17-13(20)10(3)21-12-7-5-4-6-11(12)16/h4-7,9-10H,8H2,1-3H3,(H,17,18,20)/t10-/m1/s1. The van der Waals surface area contributed by atoms with E-state index in [0.717, 1.165) is 10.1 Å². The fraction of sp³-hybridized carbons (Fsp3) is 0.400. The highest BCUT2D eigenvalue weighted by Gasteiger charge is 2.18. The fourth-order valence-corrected chi connectivity index (χ4v) is 3.46. The molecule has 8 heteroatoms. The van der Waals surface area contributed by atoms with Crippen molar-refractivity contribution in [2.75, 3.05) is 11.1 Å². The highest BCUT2D eigenvalue weighted by molar-refractivity contribution is 8.01. The molecule has 0 aliphatic heterocycles. The zero-order valence-electron chi connectivity index (χ0n) is 13.1. The van der Waals surface area contributed by atoms with Crippen molar-refractivity contribution in [2.24, 2.45) is 5.92 Å². The first-order valence-corrected chi connectivity index (χ1v) is 9.32. The number of carbonyl (C=O) groups excluding carboxylic acids is 1. The van der Waals surface area contributed by atoms with Gasteiger partial charge in [-0.05, 0) is 25.0 Å². The summed E-state index contributed by atoms with van der Waals surface area (Å²) in [5.41, 5.74) is 0. The van der Waals surface area contributed by atoms with Gasteiger partial charge in [0.2, 0.25) is 5.13 Å². The van der Waals surface area contributed by atoms with Crippen molar-refractivity contribution in [1.29, 1.82) is 0 Å². The molecule has 0 saturated carbocycles. The molecule has 0 fully saturated rings. The molecule has 1 N–H and O–H groups in total. The number of ether oxygens (including phenoxy) is 1. The Morgan fingerprint density at radius 1 is 1.35 bits per heavy atom. The predicted octanol–water partition coefficient (Wildman–Crippen LogP) is 4.35. The second kappa shape index (κ2) is 8.52. The molecule has 0 bridgehead atoms. The molecule has 124 valence electrons. The van der Waals surface area contributed by atoms with Crippen molar-refractivity contribution in [3.63, 3.8) is 0 Å². The average molecular weight is 372 g/mol. The lowest BCUT2D eigenvalue weighted by atomic mass is 10.3. The normalized spacial score (nSPS) is 12.2. The molecule has 2 rings (SSSR count). The van der Waals surface area contributed by atoms with Crippen LogP contribution in [0.4, 0.5) is 5.13 Å². The first-order chi connectivity index (χ1) is 11.0. The van der Waals surface area contributed by atoms with Gasteiger partial charge in [-0.2, -0.15) is 0 Å². The van der Waals surface area contributed by atoms with Gasteiger partial charge in [0, 0.05) is 5.75 Å². The molecule has 0 aliphatic carbocycles. The minimum atomic E-state index is -0.689. The maximum atomic E-state index is 12.2. The van der Waals surface area contributed by atoms with Gasteiger partial charge in [0.25, 0.3) is 5.91 Å². The van der Waals surface area contributed by atoms with Gasteiger partial charge < -0.3 is 4.74 Å². The number of nitrogens with zero attached hydrogens (tertiary/aromatic N) is 2. The van der Waals surface area contributed by atoms with E-state index < -0.39 is 6.10 Å². The van der Waals surface area contributed by atoms with E-state index in [-0.39, 0.29) is 5.91 Å². The van der Waals surface area contributed by atoms with Crippen LogP contribution in [-0.4, -0.2) is 28.0 Å². The zero-order chi connectivity index (χ0) is 16.8. The van der Waals surface area contributed by atoms with Gasteiger partial charge in [-0.15, -0.1) is 10.2 Å². The number of anilines is 1. The molecule has 0 unspecified atom stereocenters. The number of amides is 1. The van der Waals surface area contributed by atoms with Crippen LogP contribution in [0.3, 0.4) is 0 Å². The first kappa shape index (κ1) is 18.0. The lowest BCUT2D eigenvalue weighted by Gasteiger charge is -2.14. The molecule has 0 aliphatic rings. The number of hydrogen-bond donors (Lipinski definition) is 1. The van der Waals surface area contributed by atoms with Gasteiger partial charge in [0.05, 0.1) is 5.02 Å². The van der Waals surface area contributed by atoms with Crippen LogP contribution in [0.15, 0.2) is 28.6 Å². The third-order valence-corrected chi connectivity index (χ3v) is 5.40. The SMILES string of the molecule is CC(C)CSc1nnc(NC(=O)[C@@H](C)Oc2ccccc2Cl)s1. The lowest BCUT2D eigenvalue weighted by molar-refractivity contribution is -0.122. The Hall–Kier alpha value is -1.31. The van der Waals surface area contributed by atoms with E-state index in [2.05, 4.69) is 29.4 Å². The van der Waals surface area contributed by atoms with Gasteiger partial charge in [-0.25, -0.2) is 0 Å². The lowest BCUT2D eigenvalue weighted by Crippen LogP contribution is -2.30. The van der Waals surface area contributed by atoms with E-state index in [0.29, 0.717) is 21.8 Å². The predicted molar refractivity (Wildman–Crippen MR) is 95.6 cm³/mol. The van der Waals surface area contributed by atoms with Crippen molar-refractivity contribution in [3.8, 4) is 5.75 Å². The van der Waals surface area contributed by atoms with E-state index in [1.165, 1.54) is 11.3 Å². The number of benzene rings is 1. The van der Waals surface area contributed by atoms with Gasteiger partial charge in [0.1, 0.15) is 5.75 Å². The molecule has 2 aromatic rings. The van der Waals surface area contributed by atoms with Crippen molar-refractivity contribution in [3.05, 3.63) is 29.3 Å². The summed E-state index contributed by atoms with van der Waals surface area (Å²) >= 11 is 9.01. The number of nitrogens with one attached hydrogen (secondary N) is 1. The summed E-state index contributed by atoms with van der Waals surface area (Å²) in [5.74, 6) is 1.73. The minimum Gasteiger partial charge on any atom is -0.479 e. The second-order valence-electron chi connectivity index (χ2n) is 5.26. The number of carbonyl (C=O) groups is 1. The van der Waals surface area contributed by atoms with Gasteiger partial charge in [-0.3, -0.25) is 10.1 Å². The Kier molecular flexibility index (Phi) is 6.68. The number of halogens is 1. The van der Waals surface area contributed by atoms with Gasteiger partial charge >= 0.3 is 0 Å². The number of hydrogen-bond acceptors (Lipinski definition) is 6. The molecule has 1 amide bonds. The molecular weight excluding hydrogens is 354 g/mol. The average Bonchev–Trinajstić information content (AvgIpc) is 2.95. The summed E-state index contributed by atoms with van der Waals surface area (Å²) in [7, 11) is 0. The Morgan fingerprint density at radius 3 is 2.78 bits per heavy atom. The van der Waals surface area contributed by atoms with Gasteiger partial charge in [-0.1, -0.05) is 60.7 Å². The van der Waals surface area contributed by atoms with E-state index in [4.69, 9.17) is 16.3 Å². The molecule has 1 heterocycles. The van der Waals surface area contributed by atoms with Crippen LogP contribution < -0.4 is 10.1 Å². The second-order valence-corrected chi connectivity index (χ2v) is 7.91. The molecule has 5 nitrogen and oxygen atoms in total. The summed E-state index contributed by atoms with van der Waals surface area (Å²) in [6, 6.07) is 7.04. The largest absolute Gasteiger partial charge is 0.479 e. The van der Waals surface area contributed by atoms with E-state index >= 15 is 0 Å². The number of rotatable bonds is 7. The fourth-order valence-electron chi connectivity index (χ4n) is 1.55. The highest BCUT2D eigenvalue weighted by Crippen LogP contribution is 2.27. The number of para-hydroxylation sites is 1. The summed E-state index contributed by atoms with van der Waals surface area (Å²) < 4.78 is 6.41. The Labute approximate surface area is 148 Å². The third kappa shape index (κ3) is 5.67. The number of aromatic nitrogens is 2. The summed E-state index contributed by atoms with van der Waals surface area (Å²) in [6.07, 6.45) is -0.689. The van der Waals surface area contributed by atoms with Crippen molar-refractivity contribution in [1.82, 2.24) is 10.2 Å². The van der Waals surface area contributed by atoms with Crippen LogP contribution in [0.2, 0.25) is 5.02 Å². The Balaban J connectivity index is 1.90. The molecule has 0 radical (unpaired) electrons.